The fourth-order valence-corrected chi connectivity index (χ4v) is 1.27. The fourth-order valence-electron chi connectivity index (χ4n) is 1.03. The van der Waals surface area contributed by atoms with Gasteiger partial charge in [-0.05, 0) is 20.0 Å². The number of halogens is 1. The number of likely N-dealkylation sites (N-methyl/N-ethyl adjacent to an activating group) is 1. The molecule has 3 nitrogen and oxygen atoms in total. The molecular formula is C9H16ClN3. The lowest BCUT2D eigenvalue weighted by Gasteiger charge is -2.22. The molecule has 0 bridgehead atoms. The van der Waals surface area contributed by atoms with Crippen molar-refractivity contribution in [1.29, 1.82) is 0 Å². The van der Waals surface area contributed by atoms with Crippen LogP contribution in [0.15, 0.2) is 18.5 Å². The van der Waals surface area contributed by atoms with Crippen LogP contribution in [0.25, 0.3) is 0 Å². The minimum atomic E-state index is 0.428. The summed E-state index contributed by atoms with van der Waals surface area (Å²) in [5.41, 5.74) is 0. The molecule has 1 atom stereocenters. The van der Waals surface area contributed by atoms with Gasteiger partial charge in [-0.2, -0.15) is 5.10 Å². The lowest BCUT2D eigenvalue weighted by molar-refractivity contribution is 0.261. The number of nitrogens with zero attached hydrogens (tertiary/aromatic N) is 3. The predicted octanol–water partition coefficient (Wildman–Crippen LogP) is 1.44. The molecular weight excluding hydrogens is 186 g/mol. The minimum Gasteiger partial charge on any atom is -0.301 e. The first-order chi connectivity index (χ1) is 6.24. The van der Waals surface area contributed by atoms with E-state index in [1.807, 2.05) is 16.9 Å². The van der Waals surface area contributed by atoms with Crippen LogP contribution in [-0.2, 0) is 6.54 Å². The van der Waals surface area contributed by atoms with E-state index < -0.39 is 0 Å². The van der Waals surface area contributed by atoms with Crippen LogP contribution >= 0.6 is 11.6 Å². The van der Waals surface area contributed by atoms with Gasteiger partial charge in [0.05, 0.1) is 6.54 Å². The summed E-state index contributed by atoms with van der Waals surface area (Å²) in [6.07, 6.45) is 3.77. The Bertz CT molecular complexity index is 223. The maximum absolute atomic E-state index is 5.74. The molecule has 0 saturated carbocycles. The highest BCUT2D eigenvalue weighted by molar-refractivity contribution is 6.18. The Morgan fingerprint density at radius 3 is 2.92 bits per heavy atom. The summed E-state index contributed by atoms with van der Waals surface area (Å²) in [7, 11) is 2.08. The van der Waals surface area contributed by atoms with Gasteiger partial charge >= 0.3 is 0 Å². The molecule has 1 rings (SSSR count). The Labute approximate surface area is 84.3 Å². The molecule has 1 aromatic heterocycles. The second-order valence-corrected chi connectivity index (χ2v) is 3.56. The van der Waals surface area contributed by atoms with E-state index >= 15 is 0 Å². The number of hydrogen-bond donors (Lipinski definition) is 0. The van der Waals surface area contributed by atoms with Crippen LogP contribution in [-0.4, -0.2) is 40.2 Å². The van der Waals surface area contributed by atoms with Crippen molar-refractivity contribution in [3.05, 3.63) is 18.5 Å². The van der Waals surface area contributed by atoms with Gasteiger partial charge in [0, 0.05) is 30.9 Å². The standard InChI is InChI=1S/C9H16ClN3/c1-9(8-10)12(2)6-7-13-5-3-4-11-13/h3-5,9H,6-8H2,1-2H3. The smallest absolute Gasteiger partial charge is 0.0536 e. The maximum atomic E-state index is 5.74. The quantitative estimate of drug-likeness (QED) is 0.673. The fraction of sp³-hybridized carbons (Fsp3) is 0.667. The summed E-state index contributed by atoms with van der Waals surface area (Å²) in [5.74, 6) is 0.676. The Kier molecular flexibility index (Phi) is 4.25. The molecule has 0 amide bonds. The molecule has 1 aromatic rings. The van der Waals surface area contributed by atoms with Crippen molar-refractivity contribution in [2.45, 2.75) is 19.5 Å². The van der Waals surface area contributed by atoms with E-state index in [9.17, 15) is 0 Å². The summed E-state index contributed by atoms with van der Waals surface area (Å²) in [5, 5.41) is 4.13. The average molecular weight is 202 g/mol. The van der Waals surface area contributed by atoms with Gasteiger partial charge < -0.3 is 4.90 Å². The molecule has 0 aromatic carbocycles. The van der Waals surface area contributed by atoms with Crippen molar-refractivity contribution in [1.82, 2.24) is 14.7 Å². The molecule has 1 unspecified atom stereocenters. The molecule has 0 radical (unpaired) electrons. The van der Waals surface area contributed by atoms with E-state index in [0.717, 1.165) is 13.1 Å². The highest BCUT2D eigenvalue weighted by Crippen LogP contribution is 1.98. The molecule has 0 fully saturated rings. The lowest BCUT2D eigenvalue weighted by atomic mass is 10.3. The molecule has 0 saturated heterocycles. The van der Waals surface area contributed by atoms with Crippen molar-refractivity contribution in [3.63, 3.8) is 0 Å². The molecule has 74 valence electrons. The van der Waals surface area contributed by atoms with Crippen LogP contribution in [0.2, 0.25) is 0 Å². The number of alkyl halides is 1. The molecule has 4 heteroatoms. The summed E-state index contributed by atoms with van der Waals surface area (Å²) in [4.78, 5) is 2.23. The van der Waals surface area contributed by atoms with Crippen LogP contribution in [0.5, 0.6) is 0 Å². The number of rotatable bonds is 5. The Hall–Kier alpha value is -0.540. The van der Waals surface area contributed by atoms with Crippen molar-refractivity contribution < 1.29 is 0 Å². The maximum Gasteiger partial charge on any atom is 0.0536 e. The zero-order chi connectivity index (χ0) is 9.68. The van der Waals surface area contributed by atoms with Gasteiger partial charge in [-0.15, -0.1) is 11.6 Å². The Morgan fingerprint density at radius 1 is 1.62 bits per heavy atom. The van der Waals surface area contributed by atoms with Gasteiger partial charge in [-0.25, -0.2) is 0 Å². The van der Waals surface area contributed by atoms with Gasteiger partial charge in [-0.3, -0.25) is 4.68 Å². The third-order valence-electron chi connectivity index (χ3n) is 2.22. The number of aromatic nitrogens is 2. The molecule has 0 aliphatic rings. The van der Waals surface area contributed by atoms with Gasteiger partial charge in [0.25, 0.3) is 0 Å². The van der Waals surface area contributed by atoms with Gasteiger partial charge in [0.2, 0.25) is 0 Å². The first kappa shape index (κ1) is 10.5. The molecule has 0 spiro atoms. The first-order valence-corrected chi connectivity index (χ1v) is 5.01. The minimum absolute atomic E-state index is 0.428. The summed E-state index contributed by atoms with van der Waals surface area (Å²) >= 11 is 5.74. The van der Waals surface area contributed by atoms with E-state index in [-0.39, 0.29) is 0 Å². The Balaban J connectivity index is 2.26. The number of hydrogen-bond acceptors (Lipinski definition) is 2. The summed E-state index contributed by atoms with van der Waals surface area (Å²) in [6, 6.07) is 2.36. The summed E-state index contributed by atoms with van der Waals surface area (Å²) in [6.45, 7) is 4.02. The van der Waals surface area contributed by atoms with Crippen LogP contribution in [0, 0.1) is 0 Å². The normalized spacial score (nSPS) is 13.5. The van der Waals surface area contributed by atoms with Gasteiger partial charge in [0.1, 0.15) is 0 Å². The van der Waals surface area contributed by atoms with E-state index in [4.69, 9.17) is 11.6 Å². The van der Waals surface area contributed by atoms with Crippen molar-refractivity contribution >= 4 is 11.6 Å². The monoisotopic (exact) mass is 201 g/mol. The lowest BCUT2D eigenvalue weighted by Crippen LogP contribution is -2.33. The highest BCUT2D eigenvalue weighted by atomic mass is 35.5. The third-order valence-corrected chi connectivity index (χ3v) is 2.66. The van der Waals surface area contributed by atoms with Crippen molar-refractivity contribution in [2.75, 3.05) is 19.5 Å². The summed E-state index contributed by atoms with van der Waals surface area (Å²) < 4.78 is 1.93. The highest BCUT2D eigenvalue weighted by Gasteiger charge is 2.06. The molecule has 1 heterocycles. The molecule has 13 heavy (non-hydrogen) atoms. The SMILES string of the molecule is CC(CCl)N(C)CCn1cccn1. The zero-order valence-corrected chi connectivity index (χ0v) is 8.91. The van der Waals surface area contributed by atoms with Gasteiger partial charge in [-0.1, -0.05) is 0 Å². The van der Waals surface area contributed by atoms with Crippen LogP contribution in [0.3, 0.4) is 0 Å². The van der Waals surface area contributed by atoms with Gasteiger partial charge in [0.15, 0.2) is 0 Å². The predicted molar refractivity (Wildman–Crippen MR) is 55.0 cm³/mol. The van der Waals surface area contributed by atoms with E-state index in [2.05, 4.69) is 24.0 Å². The molecule has 0 N–H and O–H groups in total. The van der Waals surface area contributed by atoms with E-state index in [1.165, 1.54) is 0 Å². The topological polar surface area (TPSA) is 21.1 Å². The second-order valence-electron chi connectivity index (χ2n) is 3.25. The van der Waals surface area contributed by atoms with Crippen LogP contribution in [0.1, 0.15) is 6.92 Å². The third kappa shape index (κ3) is 3.36. The van der Waals surface area contributed by atoms with E-state index in [1.54, 1.807) is 6.20 Å². The molecule has 0 aliphatic heterocycles. The zero-order valence-electron chi connectivity index (χ0n) is 8.15. The largest absolute Gasteiger partial charge is 0.301 e. The second kappa shape index (κ2) is 5.25. The van der Waals surface area contributed by atoms with E-state index in [0.29, 0.717) is 11.9 Å². The average Bonchev–Trinajstić information content (AvgIpc) is 2.65. The van der Waals surface area contributed by atoms with Crippen LogP contribution < -0.4 is 0 Å². The van der Waals surface area contributed by atoms with Crippen LogP contribution in [0.4, 0.5) is 0 Å². The van der Waals surface area contributed by atoms with Crippen molar-refractivity contribution in [2.24, 2.45) is 0 Å². The van der Waals surface area contributed by atoms with Crippen molar-refractivity contribution in [3.8, 4) is 0 Å². The first-order valence-electron chi connectivity index (χ1n) is 4.47. The Morgan fingerprint density at radius 2 is 2.38 bits per heavy atom. The molecule has 0 aliphatic carbocycles.